The molecule has 0 aliphatic carbocycles. The lowest BCUT2D eigenvalue weighted by atomic mass is 10.1. The molecule has 10 nitrogen and oxygen atoms in total. The Balaban J connectivity index is 1.52. The highest BCUT2D eigenvalue weighted by Crippen LogP contribution is 2.55. The molecule has 3 heterocycles. The molecule has 248 valence electrons. The van der Waals surface area contributed by atoms with Crippen molar-refractivity contribution in [2.45, 2.75) is 38.9 Å². The van der Waals surface area contributed by atoms with E-state index in [1.165, 1.54) is 0 Å². The third-order valence-corrected chi connectivity index (χ3v) is 10.3. The van der Waals surface area contributed by atoms with Crippen LogP contribution in [0.1, 0.15) is 55.6 Å². The zero-order valence-electron chi connectivity index (χ0n) is 28.3. The maximum Gasteiger partial charge on any atom is 0.647 e. The third kappa shape index (κ3) is 6.14. The monoisotopic (exact) mass is 659 g/mol. The maximum absolute atomic E-state index is 15.3. The molecule has 0 radical (unpaired) electrons. The first-order valence-electron chi connectivity index (χ1n) is 15.6. The third-order valence-electron chi connectivity index (χ3n) is 9.07. The molecule has 0 saturated carbocycles. The van der Waals surface area contributed by atoms with E-state index in [1.807, 2.05) is 60.5 Å². The number of phosphoric acid groups is 1. The minimum atomic E-state index is -4.51. The van der Waals surface area contributed by atoms with Gasteiger partial charge in [-0.2, -0.15) is 4.57 Å². The van der Waals surface area contributed by atoms with Crippen LogP contribution >= 0.6 is 7.82 Å². The van der Waals surface area contributed by atoms with Gasteiger partial charge in [0.2, 0.25) is 0 Å². The SMILES string of the molecule is CC(c1coc2cccc(OP(=O)(Oc3cccc4occ(C(C)N(C)C)c34)Oc3cccc4occ(C(C)N(C)C)c34)c12)N(C)C. The molecule has 0 bridgehead atoms. The first-order valence-corrected chi connectivity index (χ1v) is 17.0. The van der Waals surface area contributed by atoms with Gasteiger partial charge >= 0.3 is 7.82 Å². The molecule has 0 spiro atoms. The van der Waals surface area contributed by atoms with Crippen molar-refractivity contribution in [3.05, 3.63) is 90.1 Å². The van der Waals surface area contributed by atoms with E-state index in [0.29, 0.717) is 50.2 Å². The predicted octanol–water partition coefficient (Wildman–Crippen LogP) is 9.44. The topological polar surface area (TPSA) is 93.9 Å². The van der Waals surface area contributed by atoms with Gasteiger partial charge in [-0.3, -0.25) is 0 Å². The van der Waals surface area contributed by atoms with Gasteiger partial charge in [0.25, 0.3) is 0 Å². The molecule has 0 aliphatic rings. The molecule has 3 atom stereocenters. The number of rotatable bonds is 12. The van der Waals surface area contributed by atoms with Crippen LogP contribution in [-0.4, -0.2) is 57.0 Å². The van der Waals surface area contributed by atoms with E-state index in [2.05, 4.69) is 35.5 Å². The standard InChI is InChI=1S/C36H42N3O7P/c1-22(37(4)5)25-19-41-28-13-10-16-31(34(25)28)44-47(40,45-32-17-11-14-29-35(32)26(20-42-29)23(2)38(6)7)46-33-18-12-15-30-36(33)27(21-43-30)24(3)39(8)9/h10-24H,1-9H3. The summed E-state index contributed by atoms with van der Waals surface area (Å²) in [5.74, 6) is 0.933. The molecule has 3 unspecified atom stereocenters. The van der Waals surface area contributed by atoms with E-state index >= 15 is 4.57 Å². The fourth-order valence-electron chi connectivity index (χ4n) is 5.64. The van der Waals surface area contributed by atoms with Gasteiger partial charge in [-0.1, -0.05) is 18.2 Å². The van der Waals surface area contributed by atoms with E-state index in [9.17, 15) is 0 Å². The summed E-state index contributed by atoms with van der Waals surface area (Å²) in [5, 5.41) is 2.06. The summed E-state index contributed by atoms with van der Waals surface area (Å²) >= 11 is 0. The lowest BCUT2D eigenvalue weighted by molar-refractivity contribution is 0.299. The van der Waals surface area contributed by atoms with Gasteiger partial charge < -0.3 is 41.5 Å². The quantitative estimate of drug-likeness (QED) is 0.118. The lowest BCUT2D eigenvalue weighted by Crippen LogP contribution is -2.17. The Morgan fingerprint density at radius 2 is 0.787 bits per heavy atom. The van der Waals surface area contributed by atoms with E-state index in [1.54, 1.807) is 55.2 Å². The van der Waals surface area contributed by atoms with Crippen molar-refractivity contribution in [3.63, 3.8) is 0 Å². The molecule has 11 heteroatoms. The Bertz CT molecular complexity index is 1840. The molecule has 6 rings (SSSR count). The van der Waals surface area contributed by atoms with Crippen molar-refractivity contribution >= 4 is 40.7 Å². The first-order chi connectivity index (χ1) is 22.4. The van der Waals surface area contributed by atoms with E-state index in [0.717, 1.165) is 16.7 Å². The van der Waals surface area contributed by atoms with Crippen LogP contribution in [-0.2, 0) is 4.57 Å². The van der Waals surface area contributed by atoms with Gasteiger partial charge in [-0.15, -0.1) is 0 Å². The van der Waals surface area contributed by atoms with Crippen LogP contribution in [0.5, 0.6) is 17.2 Å². The Labute approximate surface area is 275 Å². The van der Waals surface area contributed by atoms with E-state index < -0.39 is 7.82 Å². The summed E-state index contributed by atoms with van der Waals surface area (Å²) < 4.78 is 52.4. The van der Waals surface area contributed by atoms with Gasteiger partial charge in [0.15, 0.2) is 0 Å². The lowest BCUT2D eigenvalue weighted by Gasteiger charge is -2.24. The zero-order valence-corrected chi connectivity index (χ0v) is 29.2. The van der Waals surface area contributed by atoms with Crippen LogP contribution in [0.25, 0.3) is 32.9 Å². The fourth-order valence-corrected chi connectivity index (χ4v) is 6.93. The summed E-state index contributed by atoms with van der Waals surface area (Å²) in [5.41, 5.74) is 4.42. The van der Waals surface area contributed by atoms with Crippen molar-refractivity contribution in [1.29, 1.82) is 0 Å². The number of fused-ring (bicyclic) bond motifs is 3. The zero-order chi connectivity index (χ0) is 33.6. The second-order valence-electron chi connectivity index (χ2n) is 12.6. The molecule has 0 saturated heterocycles. The first kappa shape index (κ1) is 32.7. The van der Waals surface area contributed by atoms with Gasteiger partial charge in [-0.25, -0.2) is 0 Å². The molecule has 6 aromatic rings. The van der Waals surface area contributed by atoms with Crippen LogP contribution < -0.4 is 13.6 Å². The number of hydrogen-bond acceptors (Lipinski definition) is 10. The summed E-state index contributed by atoms with van der Waals surface area (Å²) in [6, 6.07) is 16.1. The largest absolute Gasteiger partial charge is 0.647 e. The van der Waals surface area contributed by atoms with Crippen LogP contribution in [0.2, 0.25) is 0 Å². The van der Waals surface area contributed by atoms with Crippen LogP contribution in [0.4, 0.5) is 0 Å². The Hall–Kier alpha value is -4.21. The average Bonchev–Trinajstić information content (AvgIpc) is 3.78. The molecule has 0 N–H and O–H groups in total. The molecular weight excluding hydrogens is 617 g/mol. The van der Waals surface area contributed by atoms with Gasteiger partial charge in [-0.05, 0) is 99.5 Å². The highest BCUT2D eigenvalue weighted by Gasteiger charge is 2.37. The van der Waals surface area contributed by atoms with Gasteiger partial charge in [0.05, 0.1) is 34.9 Å². The minimum absolute atomic E-state index is 0.0215. The number of hydrogen-bond donors (Lipinski definition) is 0. The Kier molecular flexibility index (Phi) is 8.89. The highest BCUT2D eigenvalue weighted by atomic mass is 31.2. The smallest absolute Gasteiger partial charge is 0.464 e. The molecule has 0 aliphatic heterocycles. The summed E-state index contributed by atoms with van der Waals surface area (Å²) in [6.07, 6.45) is 5.12. The summed E-state index contributed by atoms with van der Waals surface area (Å²) in [4.78, 5) is 6.19. The number of benzene rings is 3. The van der Waals surface area contributed by atoms with Crippen LogP contribution in [0, 0.1) is 0 Å². The fraction of sp³-hybridized carbons (Fsp3) is 0.333. The molecule has 0 fully saturated rings. The summed E-state index contributed by atoms with van der Waals surface area (Å²) in [6.45, 7) is 6.19. The van der Waals surface area contributed by atoms with Crippen molar-refractivity contribution in [2.24, 2.45) is 0 Å². The molecule has 0 amide bonds. The second kappa shape index (κ2) is 12.8. The van der Waals surface area contributed by atoms with E-state index in [4.69, 9.17) is 26.8 Å². The van der Waals surface area contributed by atoms with Crippen LogP contribution in [0.3, 0.4) is 0 Å². The number of phosphoric ester groups is 1. The average molecular weight is 660 g/mol. The molecule has 3 aromatic carbocycles. The predicted molar refractivity (Wildman–Crippen MR) is 184 cm³/mol. The number of furan rings is 3. The molecule has 47 heavy (non-hydrogen) atoms. The molecule has 3 aromatic heterocycles. The van der Waals surface area contributed by atoms with Crippen molar-refractivity contribution in [3.8, 4) is 17.2 Å². The highest BCUT2D eigenvalue weighted by molar-refractivity contribution is 7.49. The van der Waals surface area contributed by atoms with Gasteiger partial charge in [0.1, 0.15) is 34.0 Å². The maximum atomic E-state index is 15.3. The Morgan fingerprint density at radius 3 is 1.04 bits per heavy atom. The summed E-state index contributed by atoms with van der Waals surface area (Å²) in [7, 11) is 7.40. The molecular formula is C36H42N3O7P. The minimum Gasteiger partial charge on any atom is -0.464 e. The normalized spacial score (nSPS) is 15.5. The Morgan fingerprint density at radius 1 is 0.511 bits per heavy atom. The van der Waals surface area contributed by atoms with E-state index in [-0.39, 0.29) is 18.1 Å². The van der Waals surface area contributed by atoms with Crippen molar-refractivity contribution < 1.29 is 31.4 Å². The second-order valence-corrected chi connectivity index (χ2v) is 14.0. The van der Waals surface area contributed by atoms with Crippen molar-refractivity contribution in [2.75, 3.05) is 42.3 Å². The van der Waals surface area contributed by atoms with Gasteiger partial charge in [0, 0.05) is 34.8 Å². The number of nitrogens with zero attached hydrogens (tertiary/aromatic N) is 3. The van der Waals surface area contributed by atoms with Crippen molar-refractivity contribution in [1.82, 2.24) is 14.7 Å². The van der Waals surface area contributed by atoms with Crippen LogP contribution in [0.15, 0.2) is 86.6 Å².